The van der Waals surface area contributed by atoms with E-state index < -0.39 is 5.82 Å². The molecule has 0 saturated carbocycles. The summed E-state index contributed by atoms with van der Waals surface area (Å²) in [5.74, 6) is 0.555. The van der Waals surface area contributed by atoms with Gasteiger partial charge in [-0.1, -0.05) is 0 Å². The third kappa shape index (κ3) is 6.70. The number of pyridine rings is 1. The van der Waals surface area contributed by atoms with E-state index in [2.05, 4.69) is 30.4 Å². The van der Waals surface area contributed by atoms with Crippen LogP contribution in [0.3, 0.4) is 0 Å². The summed E-state index contributed by atoms with van der Waals surface area (Å²) in [5.41, 5.74) is 3.09. The zero-order valence-corrected chi connectivity index (χ0v) is 22.7. The maximum absolute atomic E-state index is 15.1. The zero-order valence-electron chi connectivity index (χ0n) is 22.7. The van der Waals surface area contributed by atoms with Crippen molar-refractivity contribution in [3.63, 3.8) is 0 Å². The first-order valence-corrected chi connectivity index (χ1v) is 13.9. The maximum Gasteiger partial charge on any atom is 0.227 e. The molecule has 214 valence electrons. The number of rotatable bonds is 11. The summed E-state index contributed by atoms with van der Waals surface area (Å²) in [5, 5.41) is 7.44. The van der Waals surface area contributed by atoms with Crippen LogP contribution in [0.5, 0.6) is 5.75 Å². The van der Waals surface area contributed by atoms with Crippen molar-refractivity contribution in [2.75, 3.05) is 76.4 Å². The van der Waals surface area contributed by atoms with E-state index in [9.17, 15) is 4.39 Å². The first-order chi connectivity index (χ1) is 20.1. The average Bonchev–Trinajstić information content (AvgIpc) is 2.98. The molecule has 9 nitrogen and oxygen atoms in total. The van der Waals surface area contributed by atoms with Gasteiger partial charge in [0.05, 0.1) is 24.9 Å². The molecule has 41 heavy (non-hydrogen) atoms. The molecular formula is C30H33F2N7O2. The van der Waals surface area contributed by atoms with Crippen LogP contribution in [0.1, 0.15) is 0 Å². The van der Waals surface area contributed by atoms with E-state index in [1.54, 1.807) is 30.6 Å². The number of ether oxygens (including phenoxy) is 2. The highest BCUT2D eigenvalue weighted by atomic mass is 19.1. The summed E-state index contributed by atoms with van der Waals surface area (Å²) in [7, 11) is 0. The van der Waals surface area contributed by atoms with Crippen molar-refractivity contribution in [2.45, 2.75) is 6.04 Å². The fraction of sp³-hybridized carbons (Fsp3) is 0.367. The van der Waals surface area contributed by atoms with Gasteiger partial charge in [0.25, 0.3) is 0 Å². The molecule has 2 fully saturated rings. The molecule has 4 aromatic rings. The number of anilines is 3. The predicted octanol–water partition coefficient (Wildman–Crippen LogP) is 4.35. The van der Waals surface area contributed by atoms with Gasteiger partial charge in [0.15, 0.2) is 0 Å². The lowest BCUT2D eigenvalue weighted by molar-refractivity contribution is 0.0322. The third-order valence-corrected chi connectivity index (χ3v) is 7.34. The number of nitrogens with zero attached hydrogens (tertiary/aromatic N) is 5. The van der Waals surface area contributed by atoms with Gasteiger partial charge >= 0.3 is 0 Å². The summed E-state index contributed by atoms with van der Waals surface area (Å²) in [6, 6.07) is 14.7. The van der Waals surface area contributed by atoms with Crippen LogP contribution in [-0.4, -0.2) is 96.6 Å². The minimum atomic E-state index is -0.402. The Morgan fingerprint density at radius 1 is 0.951 bits per heavy atom. The number of halogens is 2. The van der Waals surface area contributed by atoms with Crippen LogP contribution in [0.2, 0.25) is 0 Å². The highest BCUT2D eigenvalue weighted by Crippen LogP contribution is 2.31. The fourth-order valence-electron chi connectivity index (χ4n) is 5.08. The highest BCUT2D eigenvalue weighted by molar-refractivity contribution is 5.91. The smallest absolute Gasteiger partial charge is 0.227 e. The molecule has 0 amide bonds. The number of fused-ring (bicyclic) bond motifs is 1. The predicted molar refractivity (Wildman–Crippen MR) is 155 cm³/mol. The molecule has 6 rings (SSSR count). The Bertz CT molecular complexity index is 1460. The fourth-order valence-corrected chi connectivity index (χ4v) is 5.08. The molecule has 0 unspecified atom stereocenters. The lowest BCUT2D eigenvalue weighted by Gasteiger charge is -2.39. The van der Waals surface area contributed by atoms with Crippen LogP contribution < -0.4 is 15.4 Å². The number of alkyl halides is 1. The Morgan fingerprint density at radius 3 is 2.56 bits per heavy atom. The van der Waals surface area contributed by atoms with Crippen LogP contribution in [0.15, 0.2) is 60.9 Å². The lowest BCUT2D eigenvalue weighted by atomic mass is 10.1. The highest BCUT2D eigenvalue weighted by Gasteiger charge is 2.25. The number of aromatic nitrogens is 3. The summed E-state index contributed by atoms with van der Waals surface area (Å²) in [6.07, 6.45) is 3.33. The number of hydrogen-bond donors (Lipinski definition) is 2. The molecule has 2 saturated heterocycles. The molecule has 11 heteroatoms. The number of benzene rings is 2. The van der Waals surface area contributed by atoms with Gasteiger partial charge in [-0.2, -0.15) is 0 Å². The monoisotopic (exact) mass is 561 g/mol. The van der Waals surface area contributed by atoms with Gasteiger partial charge in [-0.3, -0.25) is 14.8 Å². The molecule has 2 N–H and O–H groups in total. The van der Waals surface area contributed by atoms with E-state index in [1.807, 2.05) is 24.3 Å². The topological polar surface area (TPSA) is 87.7 Å². The Balaban J connectivity index is 1.14. The molecule has 2 aliphatic heterocycles. The number of likely N-dealkylation sites (tertiary alicyclic amines) is 1. The first kappa shape index (κ1) is 27.3. The van der Waals surface area contributed by atoms with Gasteiger partial charge in [0.2, 0.25) is 5.95 Å². The SMILES string of the molecule is FCCN1CC(Nc2ccc(Nc3ncc4ccnc(-c5cc(OCCN6CCOCC6)ccc5F)c4n3)cc2)C1. The van der Waals surface area contributed by atoms with Gasteiger partial charge in [0.1, 0.15) is 30.4 Å². The Hall–Kier alpha value is -3.93. The minimum absolute atomic E-state index is 0.313. The summed E-state index contributed by atoms with van der Waals surface area (Å²) in [6.45, 7) is 6.38. The third-order valence-electron chi connectivity index (χ3n) is 7.34. The van der Waals surface area contributed by atoms with E-state index in [0.29, 0.717) is 47.7 Å². The van der Waals surface area contributed by atoms with E-state index in [0.717, 1.165) is 62.7 Å². The molecule has 2 aromatic heterocycles. The van der Waals surface area contributed by atoms with Crippen molar-refractivity contribution in [1.82, 2.24) is 24.8 Å². The summed E-state index contributed by atoms with van der Waals surface area (Å²) >= 11 is 0. The van der Waals surface area contributed by atoms with E-state index in [1.165, 1.54) is 6.07 Å². The number of nitrogens with one attached hydrogen (secondary N) is 2. The molecule has 4 heterocycles. The Morgan fingerprint density at radius 2 is 1.76 bits per heavy atom. The Labute approximate surface area is 237 Å². The summed E-state index contributed by atoms with van der Waals surface area (Å²) in [4.78, 5) is 18.0. The second-order valence-corrected chi connectivity index (χ2v) is 10.2. The van der Waals surface area contributed by atoms with E-state index >= 15 is 4.39 Å². The molecule has 0 atom stereocenters. The quantitative estimate of drug-likeness (QED) is 0.278. The largest absolute Gasteiger partial charge is 0.492 e. The molecule has 0 radical (unpaired) electrons. The zero-order chi connectivity index (χ0) is 28.0. The molecular weight excluding hydrogens is 528 g/mol. The lowest BCUT2D eigenvalue weighted by Crippen LogP contribution is -2.55. The molecule has 0 aliphatic carbocycles. The number of hydrogen-bond acceptors (Lipinski definition) is 9. The van der Waals surface area contributed by atoms with E-state index in [4.69, 9.17) is 14.5 Å². The van der Waals surface area contributed by atoms with Crippen molar-refractivity contribution >= 4 is 28.2 Å². The second kappa shape index (κ2) is 12.7. The van der Waals surface area contributed by atoms with Gasteiger partial charge in [-0.15, -0.1) is 0 Å². The normalized spacial score (nSPS) is 16.4. The number of morpholine rings is 1. The van der Waals surface area contributed by atoms with Gasteiger partial charge in [0, 0.05) is 74.0 Å². The molecule has 2 aliphatic rings. The van der Waals surface area contributed by atoms with Gasteiger partial charge in [-0.25, -0.2) is 18.7 Å². The maximum atomic E-state index is 15.1. The Kier molecular flexibility index (Phi) is 8.45. The van der Waals surface area contributed by atoms with Gasteiger partial charge in [-0.05, 0) is 48.5 Å². The molecule has 2 aromatic carbocycles. The van der Waals surface area contributed by atoms with Crippen LogP contribution in [0.25, 0.3) is 22.2 Å². The van der Waals surface area contributed by atoms with Crippen LogP contribution in [0.4, 0.5) is 26.1 Å². The van der Waals surface area contributed by atoms with Crippen molar-refractivity contribution < 1.29 is 18.3 Å². The van der Waals surface area contributed by atoms with Crippen molar-refractivity contribution in [3.05, 3.63) is 66.7 Å². The summed E-state index contributed by atoms with van der Waals surface area (Å²) < 4.78 is 38.9. The van der Waals surface area contributed by atoms with Crippen molar-refractivity contribution in [1.29, 1.82) is 0 Å². The molecule has 0 bridgehead atoms. The first-order valence-electron chi connectivity index (χ1n) is 13.9. The molecule has 0 spiro atoms. The standard InChI is InChI=1S/C30H33F2N7O2/c31-8-10-39-19-24(20-39)35-22-1-3-23(4-2-22)36-30-34-18-21-7-9-33-29(28(21)37-30)26-17-25(5-6-27(26)32)41-16-13-38-11-14-40-15-12-38/h1-7,9,17-18,24,35H,8,10-16,19-20H2,(H,34,36,37). The van der Waals surface area contributed by atoms with E-state index in [-0.39, 0.29) is 6.67 Å². The van der Waals surface area contributed by atoms with Crippen molar-refractivity contribution in [2.24, 2.45) is 0 Å². The minimum Gasteiger partial charge on any atom is -0.492 e. The van der Waals surface area contributed by atoms with Crippen LogP contribution in [0, 0.1) is 5.82 Å². The van der Waals surface area contributed by atoms with Crippen molar-refractivity contribution in [3.8, 4) is 17.0 Å². The van der Waals surface area contributed by atoms with Crippen LogP contribution in [-0.2, 0) is 4.74 Å². The van der Waals surface area contributed by atoms with Gasteiger partial charge < -0.3 is 20.1 Å². The average molecular weight is 562 g/mol. The second-order valence-electron chi connectivity index (χ2n) is 10.2. The van der Waals surface area contributed by atoms with Crippen LogP contribution >= 0.6 is 0 Å².